The molecule has 1 aliphatic rings. The van der Waals surface area contributed by atoms with Gasteiger partial charge in [-0.3, -0.25) is 9.69 Å². The first-order valence-corrected chi connectivity index (χ1v) is 6.82. The SMILES string of the molecule is CC(C)N1CCN(C(=O)c2nc(N)ccc2Cl)CC1. The number of nitrogens with zero attached hydrogens (tertiary/aromatic N) is 3. The molecule has 104 valence electrons. The van der Waals surface area contributed by atoms with Crippen LogP contribution in [-0.2, 0) is 0 Å². The van der Waals surface area contributed by atoms with Crippen LogP contribution in [0.25, 0.3) is 0 Å². The standard InChI is InChI=1S/C13H19ClN4O/c1-9(2)17-5-7-18(8-6-17)13(19)12-10(14)3-4-11(15)16-12/h3-4,9H,5-8H2,1-2H3,(H2,15,16). The Labute approximate surface area is 118 Å². The van der Waals surface area contributed by atoms with Crippen molar-refractivity contribution in [2.45, 2.75) is 19.9 Å². The maximum atomic E-state index is 12.4. The van der Waals surface area contributed by atoms with Gasteiger partial charge in [0.15, 0.2) is 0 Å². The van der Waals surface area contributed by atoms with Gasteiger partial charge in [-0.05, 0) is 26.0 Å². The molecule has 6 heteroatoms. The summed E-state index contributed by atoms with van der Waals surface area (Å²) in [5, 5.41) is 0.352. The van der Waals surface area contributed by atoms with E-state index in [9.17, 15) is 4.79 Å². The number of amides is 1. The maximum Gasteiger partial charge on any atom is 0.274 e. The first kappa shape index (κ1) is 14.1. The first-order valence-electron chi connectivity index (χ1n) is 6.44. The van der Waals surface area contributed by atoms with Crippen molar-refractivity contribution in [2.24, 2.45) is 0 Å². The second-order valence-corrected chi connectivity index (χ2v) is 5.40. The smallest absolute Gasteiger partial charge is 0.274 e. The predicted molar refractivity (Wildman–Crippen MR) is 76.3 cm³/mol. The number of piperazine rings is 1. The number of anilines is 1. The topological polar surface area (TPSA) is 62.5 Å². The molecule has 1 aromatic heterocycles. The quantitative estimate of drug-likeness (QED) is 0.893. The molecule has 0 unspecified atom stereocenters. The molecule has 0 spiro atoms. The van der Waals surface area contributed by atoms with Crippen LogP contribution in [0, 0.1) is 0 Å². The van der Waals surface area contributed by atoms with Crippen LogP contribution in [0.5, 0.6) is 0 Å². The van der Waals surface area contributed by atoms with Crippen LogP contribution in [0.3, 0.4) is 0 Å². The average molecular weight is 283 g/mol. The summed E-state index contributed by atoms with van der Waals surface area (Å²) in [5.74, 6) is 0.175. The van der Waals surface area contributed by atoms with Crippen molar-refractivity contribution < 1.29 is 4.79 Å². The molecule has 19 heavy (non-hydrogen) atoms. The molecule has 0 bridgehead atoms. The zero-order valence-electron chi connectivity index (χ0n) is 11.3. The number of halogens is 1. The minimum atomic E-state index is -0.138. The second kappa shape index (κ2) is 5.75. The lowest BCUT2D eigenvalue weighted by Gasteiger charge is -2.36. The van der Waals surface area contributed by atoms with E-state index < -0.39 is 0 Å². The van der Waals surface area contributed by atoms with E-state index in [1.807, 2.05) is 0 Å². The van der Waals surface area contributed by atoms with Gasteiger partial charge in [0.25, 0.3) is 5.91 Å². The third-order valence-corrected chi connectivity index (χ3v) is 3.71. The van der Waals surface area contributed by atoms with Crippen LogP contribution in [0.1, 0.15) is 24.3 Å². The van der Waals surface area contributed by atoms with Gasteiger partial charge in [-0.2, -0.15) is 0 Å². The van der Waals surface area contributed by atoms with Gasteiger partial charge in [0.2, 0.25) is 0 Å². The monoisotopic (exact) mass is 282 g/mol. The molecule has 2 heterocycles. The fraction of sp³-hybridized carbons (Fsp3) is 0.538. The number of hydrogen-bond acceptors (Lipinski definition) is 4. The van der Waals surface area contributed by atoms with Crippen molar-refractivity contribution in [3.8, 4) is 0 Å². The van der Waals surface area contributed by atoms with Crippen molar-refractivity contribution in [1.29, 1.82) is 0 Å². The molecule has 1 amide bonds. The van der Waals surface area contributed by atoms with Crippen LogP contribution < -0.4 is 5.73 Å². The van der Waals surface area contributed by atoms with Crippen LogP contribution >= 0.6 is 11.6 Å². The highest BCUT2D eigenvalue weighted by Gasteiger charge is 2.25. The number of nitrogens with two attached hydrogens (primary N) is 1. The molecule has 1 saturated heterocycles. The molecule has 1 aromatic rings. The zero-order chi connectivity index (χ0) is 14.0. The van der Waals surface area contributed by atoms with Crippen LogP contribution in [0.15, 0.2) is 12.1 Å². The van der Waals surface area contributed by atoms with Crippen molar-refractivity contribution in [2.75, 3.05) is 31.9 Å². The summed E-state index contributed by atoms with van der Waals surface area (Å²) >= 11 is 6.01. The molecule has 0 radical (unpaired) electrons. The van der Waals surface area contributed by atoms with E-state index in [2.05, 4.69) is 23.7 Å². The maximum absolute atomic E-state index is 12.4. The highest BCUT2D eigenvalue weighted by molar-refractivity contribution is 6.33. The Kier molecular flexibility index (Phi) is 4.27. The molecule has 2 N–H and O–H groups in total. The number of rotatable bonds is 2. The highest BCUT2D eigenvalue weighted by Crippen LogP contribution is 2.18. The Morgan fingerprint density at radius 1 is 1.32 bits per heavy atom. The fourth-order valence-corrected chi connectivity index (χ4v) is 2.38. The average Bonchev–Trinajstić information content (AvgIpc) is 2.41. The van der Waals surface area contributed by atoms with Gasteiger partial charge in [-0.25, -0.2) is 4.98 Å². The molecule has 0 aliphatic carbocycles. The summed E-state index contributed by atoms with van der Waals surface area (Å²) in [5.41, 5.74) is 5.86. The second-order valence-electron chi connectivity index (χ2n) is 4.99. The molecule has 1 fully saturated rings. The third-order valence-electron chi connectivity index (χ3n) is 3.40. The van der Waals surface area contributed by atoms with Crippen molar-refractivity contribution >= 4 is 23.3 Å². The van der Waals surface area contributed by atoms with Crippen molar-refractivity contribution in [3.63, 3.8) is 0 Å². The summed E-state index contributed by atoms with van der Waals surface area (Å²) in [6.45, 7) is 7.47. The van der Waals surface area contributed by atoms with Gasteiger partial charge in [0, 0.05) is 32.2 Å². The number of hydrogen-bond donors (Lipinski definition) is 1. The summed E-state index contributed by atoms with van der Waals surface area (Å²) < 4.78 is 0. The van der Waals surface area contributed by atoms with Crippen LogP contribution in [0.2, 0.25) is 5.02 Å². The number of carbonyl (C=O) groups is 1. The number of carbonyl (C=O) groups excluding carboxylic acids is 1. The molecular weight excluding hydrogens is 264 g/mol. The van der Waals surface area contributed by atoms with Gasteiger partial charge in [0.1, 0.15) is 11.5 Å². The summed E-state index contributed by atoms with van der Waals surface area (Å²) in [4.78, 5) is 20.5. The van der Waals surface area contributed by atoms with Crippen LogP contribution in [0.4, 0.5) is 5.82 Å². The van der Waals surface area contributed by atoms with Crippen molar-refractivity contribution in [1.82, 2.24) is 14.8 Å². The Balaban J connectivity index is 2.07. The Morgan fingerprint density at radius 3 is 2.53 bits per heavy atom. The number of aromatic nitrogens is 1. The van der Waals surface area contributed by atoms with Crippen LogP contribution in [-0.4, -0.2) is 52.9 Å². The minimum Gasteiger partial charge on any atom is -0.384 e. The number of pyridine rings is 1. The Bertz CT molecular complexity index is 470. The molecule has 2 rings (SSSR count). The van der Waals surface area contributed by atoms with E-state index in [1.165, 1.54) is 0 Å². The van der Waals surface area contributed by atoms with E-state index in [0.29, 0.717) is 30.0 Å². The van der Waals surface area contributed by atoms with Gasteiger partial charge < -0.3 is 10.6 Å². The van der Waals surface area contributed by atoms with E-state index in [-0.39, 0.29) is 11.6 Å². The molecule has 5 nitrogen and oxygen atoms in total. The summed E-state index contributed by atoms with van der Waals surface area (Å²) in [6.07, 6.45) is 0. The molecule has 0 saturated carbocycles. The van der Waals surface area contributed by atoms with Gasteiger partial charge in [-0.15, -0.1) is 0 Å². The molecule has 1 aliphatic heterocycles. The lowest BCUT2D eigenvalue weighted by atomic mass is 10.2. The Morgan fingerprint density at radius 2 is 1.95 bits per heavy atom. The van der Waals surface area contributed by atoms with Gasteiger partial charge >= 0.3 is 0 Å². The largest absolute Gasteiger partial charge is 0.384 e. The highest BCUT2D eigenvalue weighted by atomic mass is 35.5. The summed E-state index contributed by atoms with van der Waals surface area (Å²) in [7, 11) is 0. The van der Waals surface area contributed by atoms with E-state index in [1.54, 1.807) is 17.0 Å². The fourth-order valence-electron chi connectivity index (χ4n) is 2.20. The van der Waals surface area contributed by atoms with E-state index >= 15 is 0 Å². The van der Waals surface area contributed by atoms with Gasteiger partial charge in [0.05, 0.1) is 5.02 Å². The van der Waals surface area contributed by atoms with E-state index in [0.717, 1.165) is 13.1 Å². The number of nitrogen functional groups attached to an aromatic ring is 1. The predicted octanol–water partition coefficient (Wildman–Crippen LogP) is 1.48. The third kappa shape index (κ3) is 3.16. The minimum absolute atomic E-state index is 0.138. The van der Waals surface area contributed by atoms with Crippen molar-refractivity contribution in [3.05, 3.63) is 22.8 Å². The zero-order valence-corrected chi connectivity index (χ0v) is 12.0. The summed E-state index contributed by atoms with van der Waals surface area (Å²) in [6, 6.07) is 3.71. The lowest BCUT2D eigenvalue weighted by Crippen LogP contribution is -2.50. The Hall–Kier alpha value is -1.33. The lowest BCUT2D eigenvalue weighted by molar-refractivity contribution is 0.0590. The molecule has 0 aromatic carbocycles. The normalized spacial score (nSPS) is 16.9. The molecule has 0 atom stereocenters. The molecular formula is C13H19ClN4O. The van der Waals surface area contributed by atoms with Gasteiger partial charge in [-0.1, -0.05) is 11.6 Å². The van der Waals surface area contributed by atoms with E-state index in [4.69, 9.17) is 17.3 Å². The first-order chi connectivity index (χ1) is 8.99.